The van der Waals surface area contributed by atoms with Crippen molar-refractivity contribution in [3.05, 3.63) is 23.5 Å². The van der Waals surface area contributed by atoms with Crippen molar-refractivity contribution in [1.82, 2.24) is 9.88 Å². The van der Waals surface area contributed by atoms with Crippen LogP contribution in [0.15, 0.2) is 12.1 Å². The predicted octanol–water partition coefficient (Wildman–Crippen LogP) is 1.85. The van der Waals surface area contributed by atoms with Gasteiger partial charge in [0, 0.05) is 30.7 Å². The second-order valence-electron chi connectivity index (χ2n) is 6.62. The predicted molar refractivity (Wildman–Crippen MR) is 83.6 cm³/mol. The Kier molecular flexibility index (Phi) is 4.39. The lowest BCUT2D eigenvalue weighted by molar-refractivity contribution is -0.210. The minimum Gasteiger partial charge on any atom is -0.506 e. The van der Waals surface area contributed by atoms with Gasteiger partial charge in [0.25, 0.3) is 0 Å². The van der Waals surface area contributed by atoms with Gasteiger partial charge in [-0.05, 0) is 51.9 Å². The number of rotatable bonds is 4. The van der Waals surface area contributed by atoms with Crippen LogP contribution in [0.3, 0.4) is 0 Å². The van der Waals surface area contributed by atoms with Gasteiger partial charge in [-0.3, -0.25) is 9.88 Å². The number of piperidine rings is 1. The highest BCUT2D eigenvalue weighted by atomic mass is 16.5. The van der Waals surface area contributed by atoms with Gasteiger partial charge in [-0.1, -0.05) is 0 Å². The quantitative estimate of drug-likeness (QED) is 0.888. The number of aromatic nitrogens is 1. The first-order valence-electron chi connectivity index (χ1n) is 8.22. The van der Waals surface area contributed by atoms with Crippen LogP contribution in [-0.4, -0.2) is 52.0 Å². The summed E-state index contributed by atoms with van der Waals surface area (Å²) in [6.07, 6.45) is 2.65. The third kappa shape index (κ3) is 2.73. The molecule has 22 heavy (non-hydrogen) atoms. The maximum absolute atomic E-state index is 10.2. The van der Waals surface area contributed by atoms with E-state index in [4.69, 9.17) is 4.74 Å². The lowest BCUT2D eigenvalue weighted by Crippen LogP contribution is -2.62. The highest BCUT2D eigenvalue weighted by Gasteiger charge is 2.55. The van der Waals surface area contributed by atoms with E-state index in [0.717, 1.165) is 43.7 Å². The lowest BCUT2D eigenvalue weighted by atomic mass is 9.58. The molecule has 5 heteroatoms. The van der Waals surface area contributed by atoms with Crippen LogP contribution in [0.5, 0.6) is 5.75 Å². The van der Waals surface area contributed by atoms with E-state index in [-0.39, 0.29) is 23.4 Å². The Labute approximate surface area is 131 Å². The molecule has 3 rings (SSSR count). The summed E-state index contributed by atoms with van der Waals surface area (Å²) < 4.78 is 5.80. The summed E-state index contributed by atoms with van der Waals surface area (Å²) in [5.41, 5.74) is 1.62. The normalized spacial score (nSPS) is 27.8. The second kappa shape index (κ2) is 6.14. The minimum absolute atomic E-state index is 0.0470. The molecule has 1 aromatic heterocycles. The highest BCUT2D eigenvalue weighted by molar-refractivity contribution is 5.27. The zero-order valence-electron chi connectivity index (χ0n) is 13.5. The van der Waals surface area contributed by atoms with E-state index in [1.165, 1.54) is 0 Å². The Morgan fingerprint density at radius 2 is 2.09 bits per heavy atom. The Morgan fingerprint density at radius 3 is 2.73 bits per heavy atom. The topological polar surface area (TPSA) is 65.8 Å². The number of nitrogens with zero attached hydrogens (tertiary/aromatic N) is 2. The second-order valence-corrected chi connectivity index (χ2v) is 6.62. The van der Waals surface area contributed by atoms with Crippen LogP contribution in [0, 0.1) is 12.3 Å². The van der Waals surface area contributed by atoms with Gasteiger partial charge in [0.1, 0.15) is 5.75 Å². The number of ether oxygens (including phenoxy) is 1. The van der Waals surface area contributed by atoms with Crippen LogP contribution in [0.2, 0.25) is 0 Å². The molecule has 0 radical (unpaired) electrons. The van der Waals surface area contributed by atoms with Crippen LogP contribution in [-0.2, 0) is 11.3 Å². The number of aromatic hydroxyl groups is 1. The van der Waals surface area contributed by atoms with Crippen LogP contribution in [0.25, 0.3) is 0 Å². The summed E-state index contributed by atoms with van der Waals surface area (Å²) in [5, 5.41) is 20.2. The molecule has 0 bridgehead atoms. The summed E-state index contributed by atoms with van der Waals surface area (Å²) in [4.78, 5) is 6.74. The number of likely N-dealkylation sites (tertiary alicyclic amines) is 1. The van der Waals surface area contributed by atoms with Gasteiger partial charge in [0.15, 0.2) is 0 Å². The standard InChI is InChI=1S/C17H26N2O3/c1-3-22-16-10-15(21)17(16)6-8-19(9-7-17)11-13-14(20)5-4-12(2)18-13/h4-5,15-16,20-21H,3,6-11H2,1-2H3. The van der Waals surface area contributed by atoms with Gasteiger partial charge in [0.2, 0.25) is 0 Å². The fourth-order valence-corrected chi connectivity index (χ4v) is 3.88. The largest absolute Gasteiger partial charge is 0.506 e. The smallest absolute Gasteiger partial charge is 0.138 e. The third-order valence-electron chi connectivity index (χ3n) is 5.36. The molecule has 1 spiro atoms. The zero-order valence-corrected chi connectivity index (χ0v) is 13.5. The van der Waals surface area contributed by atoms with E-state index in [1.807, 2.05) is 19.9 Å². The summed E-state index contributed by atoms with van der Waals surface area (Å²) in [6, 6.07) is 3.53. The number of hydrogen-bond acceptors (Lipinski definition) is 5. The molecule has 2 aliphatic rings. The average molecular weight is 306 g/mol. The SMILES string of the molecule is CCOC1CC(O)C12CCN(Cc1nc(C)ccc1O)CC2. The fraction of sp³-hybridized carbons (Fsp3) is 0.706. The number of aliphatic hydroxyl groups is 1. The van der Waals surface area contributed by atoms with Crippen LogP contribution >= 0.6 is 0 Å². The molecule has 2 N–H and O–H groups in total. The first-order chi connectivity index (χ1) is 10.5. The summed E-state index contributed by atoms with van der Waals surface area (Å²) in [7, 11) is 0. The molecule has 1 aliphatic carbocycles. The Hall–Kier alpha value is -1.17. The number of aliphatic hydroxyl groups excluding tert-OH is 1. The molecule has 2 fully saturated rings. The number of pyridine rings is 1. The van der Waals surface area contributed by atoms with E-state index in [1.54, 1.807) is 6.07 Å². The molecule has 0 amide bonds. The van der Waals surface area contributed by atoms with E-state index < -0.39 is 0 Å². The molecule has 122 valence electrons. The first-order valence-corrected chi connectivity index (χ1v) is 8.22. The maximum Gasteiger partial charge on any atom is 0.138 e. The van der Waals surface area contributed by atoms with Crippen molar-refractivity contribution in [3.63, 3.8) is 0 Å². The minimum atomic E-state index is -0.225. The van der Waals surface area contributed by atoms with Crippen LogP contribution in [0.1, 0.15) is 37.6 Å². The van der Waals surface area contributed by atoms with Crippen molar-refractivity contribution in [1.29, 1.82) is 0 Å². The molecule has 2 atom stereocenters. The molecule has 1 saturated heterocycles. The molecular formula is C17H26N2O3. The van der Waals surface area contributed by atoms with Gasteiger partial charge in [-0.2, -0.15) is 0 Å². The van der Waals surface area contributed by atoms with Crippen molar-refractivity contribution in [2.45, 2.75) is 51.9 Å². The summed E-state index contributed by atoms with van der Waals surface area (Å²) in [6.45, 7) is 7.15. The third-order valence-corrected chi connectivity index (χ3v) is 5.36. The van der Waals surface area contributed by atoms with Crippen LogP contribution < -0.4 is 0 Å². The van der Waals surface area contributed by atoms with Crippen molar-refractivity contribution in [2.75, 3.05) is 19.7 Å². The van der Waals surface area contributed by atoms with E-state index in [2.05, 4.69) is 9.88 Å². The summed E-state index contributed by atoms with van der Waals surface area (Å²) in [5.74, 6) is 0.266. The zero-order chi connectivity index (χ0) is 15.7. The van der Waals surface area contributed by atoms with Crippen LogP contribution in [0.4, 0.5) is 0 Å². The van der Waals surface area contributed by atoms with Gasteiger partial charge < -0.3 is 14.9 Å². The Bertz CT molecular complexity index is 525. The van der Waals surface area contributed by atoms with Crippen molar-refractivity contribution in [3.8, 4) is 5.75 Å². The van der Waals surface area contributed by atoms with Crippen molar-refractivity contribution >= 4 is 0 Å². The molecule has 2 unspecified atom stereocenters. The first kappa shape index (κ1) is 15.7. The maximum atomic E-state index is 10.2. The summed E-state index contributed by atoms with van der Waals surface area (Å²) >= 11 is 0. The Morgan fingerprint density at radius 1 is 1.36 bits per heavy atom. The highest BCUT2D eigenvalue weighted by Crippen LogP contribution is 2.51. The molecule has 1 aliphatic heterocycles. The molecule has 1 saturated carbocycles. The monoisotopic (exact) mass is 306 g/mol. The molecule has 0 aromatic carbocycles. The number of aryl methyl sites for hydroxylation is 1. The molecule has 1 aromatic rings. The number of hydrogen-bond donors (Lipinski definition) is 2. The average Bonchev–Trinajstić information content (AvgIpc) is 2.51. The lowest BCUT2D eigenvalue weighted by Gasteiger charge is -2.56. The van der Waals surface area contributed by atoms with E-state index in [0.29, 0.717) is 13.2 Å². The molecule has 5 nitrogen and oxygen atoms in total. The van der Waals surface area contributed by atoms with Crippen molar-refractivity contribution < 1.29 is 14.9 Å². The van der Waals surface area contributed by atoms with Gasteiger partial charge in [0.05, 0.1) is 17.9 Å². The van der Waals surface area contributed by atoms with Crippen molar-refractivity contribution in [2.24, 2.45) is 5.41 Å². The molecule has 2 heterocycles. The Balaban J connectivity index is 1.61. The fourth-order valence-electron chi connectivity index (χ4n) is 3.88. The van der Waals surface area contributed by atoms with E-state index >= 15 is 0 Å². The molecular weight excluding hydrogens is 280 g/mol. The van der Waals surface area contributed by atoms with Gasteiger partial charge >= 0.3 is 0 Å². The van der Waals surface area contributed by atoms with E-state index in [9.17, 15) is 10.2 Å². The van der Waals surface area contributed by atoms with Gasteiger partial charge in [-0.25, -0.2) is 0 Å². The van der Waals surface area contributed by atoms with Gasteiger partial charge in [-0.15, -0.1) is 0 Å².